The Morgan fingerprint density at radius 3 is 2.89 bits per heavy atom. The molecule has 1 unspecified atom stereocenters. The lowest BCUT2D eigenvalue weighted by Gasteiger charge is -2.02. The van der Waals surface area contributed by atoms with Crippen molar-refractivity contribution in [1.29, 1.82) is 0 Å². The smallest absolute Gasteiger partial charge is 0.137 e. The first-order valence-electron chi connectivity index (χ1n) is 5.63. The maximum Gasteiger partial charge on any atom is 0.137 e. The van der Waals surface area contributed by atoms with Gasteiger partial charge in [0, 0.05) is 16.7 Å². The number of thiazole rings is 1. The predicted molar refractivity (Wildman–Crippen MR) is 74.5 cm³/mol. The van der Waals surface area contributed by atoms with E-state index in [2.05, 4.69) is 4.98 Å². The molecule has 0 spiro atoms. The molecule has 0 aliphatic rings. The lowest BCUT2D eigenvalue weighted by molar-refractivity contribution is 0.177. The van der Waals surface area contributed by atoms with Gasteiger partial charge in [-0.2, -0.15) is 0 Å². The van der Waals surface area contributed by atoms with Gasteiger partial charge in [-0.05, 0) is 24.8 Å². The third kappa shape index (κ3) is 2.74. The van der Waals surface area contributed by atoms with Crippen molar-refractivity contribution >= 4 is 23.1 Å². The zero-order valence-corrected chi connectivity index (χ0v) is 11.8. The molecule has 1 aromatic heterocycles. The van der Waals surface area contributed by atoms with Crippen LogP contribution in [0.15, 0.2) is 29.3 Å². The van der Waals surface area contributed by atoms with E-state index in [1.165, 1.54) is 29.2 Å². The molecule has 1 aromatic carbocycles. The summed E-state index contributed by atoms with van der Waals surface area (Å²) < 4.78 is 13.7. The van der Waals surface area contributed by atoms with E-state index in [0.717, 1.165) is 15.4 Å². The average Bonchev–Trinajstić information content (AvgIpc) is 2.87. The molecule has 0 radical (unpaired) electrons. The van der Waals surface area contributed by atoms with Crippen LogP contribution in [0.4, 0.5) is 4.39 Å². The van der Waals surface area contributed by atoms with Crippen LogP contribution in [-0.2, 0) is 0 Å². The van der Waals surface area contributed by atoms with E-state index < -0.39 is 6.10 Å². The molecule has 0 aliphatic carbocycles. The SMILES string of the molecule is CCC(O)c1cnc(-c2ccc(SC)c(F)c2)s1. The minimum Gasteiger partial charge on any atom is -0.388 e. The molecule has 1 N–H and O–H groups in total. The summed E-state index contributed by atoms with van der Waals surface area (Å²) in [7, 11) is 0. The first-order valence-corrected chi connectivity index (χ1v) is 7.67. The van der Waals surface area contributed by atoms with Crippen molar-refractivity contribution < 1.29 is 9.50 Å². The highest BCUT2D eigenvalue weighted by molar-refractivity contribution is 7.98. The Balaban J connectivity index is 2.31. The van der Waals surface area contributed by atoms with Crippen molar-refractivity contribution in [3.8, 4) is 10.6 Å². The number of halogens is 1. The molecule has 2 nitrogen and oxygen atoms in total. The van der Waals surface area contributed by atoms with Gasteiger partial charge in [-0.25, -0.2) is 9.37 Å². The van der Waals surface area contributed by atoms with Crippen LogP contribution in [-0.4, -0.2) is 16.3 Å². The lowest BCUT2D eigenvalue weighted by Crippen LogP contribution is -1.89. The van der Waals surface area contributed by atoms with Gasteiger partial charge in [-0.15, -0.1) is 23.1 Å². The molecular weight excluding hydrogens is 269 g/mol. The highest BCUT2D eigenvalue weighted by Gasteiger charge is 2.12. The van der Waals surface area contributed by atoms with Crippen molar-refractivity contribution in [2.75, 3.05) is 6.26 Å². The Labute approximate surface area is 114 Å². The largest absolute Gasteiger partial charge is 0.388 e. The fraction of sp³-hybridized carbons (Fsp3) is 0.308. The van der Waals surface area contributed by atoms with Crippen LogP contribution in [0, 0.1) is 5.82 Å². The van der Waals surface area contributed by atoms with E-state index in [1.807, 2.05) is 19.2 Å². The van der Waals surface area contributed by atoms with Crippen LogP contribution in [0.3, 0.4) is 0 Å². The van der Waals surface area contributed by atoms with Gasteiger partial charge in [0.15, 0.2) is 0 Å². The van der Waals surface area contributed by atoms with Gasteiger partial charge in [0.05, 0.1) is 11.0 Å². The molecule has 0 bridgehead atoms. The molecule has 0 aliphatic heterocycles. The van der Waals surface area contributed by atoms with E-state index in [1.54, 1.807) is 12.3 Å². The molecule has 0 saturated heterocycles. The van der Waals surface area contributed by atoms with Crippen LogP contribution in [0.2, 0.25) is 0 Å². The topological polar surface area (TPSA) is 33.1 Å². The number of nitrogens with zero attached hydrogens (tertiary/aromatic N) is 1. The van der Waals surface area contributed by atoms with E-state index in [-0.39, 0.29) is 5.82 Å². The summed E-state index contributed by atoms with van der Waals surface area (Å²) in [5, 5.41) is 10.5. The monoisotopic (exact) mass is 283 g/mol. The van der Waals surface area contributed by atoms with E-state index in [4.69, 9.17) is 0 Å². The van der Waals surface area contributed by atoms with Crippen molar-refractivity contribution in [1.82, 2.24) is 4.98 Å². The molecule has 0 saturated carbocycles. The summed E-state index contributed by atoms with van der Waals surface area (Å²) in [6.07, 6.45) is 3.68. The number of aliphatic hydroxyl groups excluding tert-OH is 1. The second kappa shape index (κ2) is 5.82. The molecule has 0 fully saturated rings. The van der Waals surface area contributed by atoms with Gasteiger partial charge in [0.1, 0.15) is 10.8 Å². The Morgan fingerprint density at radius 1 is 1.50 bits per heavy atom. The quantitative estimate of drug-likeness (QED) is 0.857. The van der Waals surface area contributed by atoms with Crippen molar-refractivity contribution in [2.24, 2.45) is 0 Å². The Kier molecular flexibility index (Phi) is 4.37. The maximum atomic E-state index is 13.7. The summed E-state index contributed by atoms with van der Waals surface area (Å²) in [6.45, 7) is 1.91. The minimum atomic E-state index is -0.480. The second-order valence-electron chi connectivity index (χ2n) is 3.84. The van der Waals surface area contributed by atoms with Gasteiger partial charge in [0.2, 0.25) is 0 Å². The summed E-state index contributed by atoms with van der Waals surface area (Å²) in [4.78, 5) is 5.69. The molecule has 96 valence electrons. The van der Waals surface area contributed by atoms with Gasteiger partial charge < -0.3 is 5.11 Å². The van der Waals surface area contributed by atoms with Crippen molar-refractivity contribution in [2.45, 2.75) is 24.3 Å². The molecule has 1 atom stereocenters. The van der Waals surface area contributed by atoms with Crippen molar-refractivity contribution in [3.63, 3.8) is 0 Å². The third-order valence-corrected chi connectivity index (χ3v) is 4.56. The molecule has 5 heteroatoms. The van der Waals surface area contributed by atoms with E-state index in [9.17, 15) is 9.50 Å². The van der Waals surface area contributed by atoms with Crippen LogP contribution >= 0.6 is 23.1 Å². The van der Waals surface area contributed by atoms with E-state index >= 15 is 0 Å². The van der Waals surface area contributed by atoms with Gasteiger partial charge in [0.25, 0.3) is 0 Å². The van der Waals surface area contributed by atoms with Crippen LogP contribution < -0.4 is 0 Å². The molecule has 0 amide bonds. The molecule has 1 heterocycles. The molecule has 2 rings (SSSR count). The maximum absolute atomic E-state index is 13.7. The number of thioether (sulfide) groups is 1. The summed E-state index contributed by atoms with van der Waals surface area (Å²) in [5.74, 6) is -0.229. The van der Waals surface area contributed by atoms with Crippen LogP contribution in [0.5, 0.6) is 0 Å². The second-order valence-corrected chi connectivity index (χ2v) is 5.75. The molecule has 2 aromatic rings. The number of benzene rings is 1. The summed E-state index contributed by atoms with van der Waals surface area (Å²) in [5.41, 5.74) is 0.754. The van der Waals surface area contributed by atoms with E-state index in [0.29, 0.717) is 11.3 Å². The van der Waals surface area contributed by atoms with Crippen LogP contribution in [0.25, 0.3) is 10.6 Å². The third-order valence-electron chi connectivity index (χ3n) is 2.64. The Bertz CT molecular complexity index is 542. The van der Waals surface area contributed by atoms with Crippen molar-refractivity contribution in [3.05, 3.63) is 35.1 Å². The van der Waals surface area contributed by atoms with Crippen LogP contribution in [0.1, 0.15) is 24.3 Å². The average molecular weight is 283 g/mol. The summed E-state index contributed by atoms with van der Waals surface area (Å²) >= 11 is 2.79. The Morgan fingerprint density at radius 2 is 2.28 bits per heavy atom. The number of rotatable bonds is 4. The standard InChI is InChI=1S/C13H14FNOS2/c1-3-10(16)12-7-15-13(18-12)8-4-5-11(17-2)9(14)6-8/h4-7,10,16H,3H2,1-2H3. The Hall–Kier alpha value is -0.910. The number of aromatic nitrogens is 1. The summed E-state index contributed by atoms with van der Waals surface area (Å²) in [6, 6.07) is 5.11. The van der Waals surface area contributed by atoms with Gasteiger partial charge in [-0.1, -0.05) is 13.0 Å². The highest BCUT2D eigenvalue weighted by Crippen LogP contribution is 2.31. The highest BCUT2D eigenvalue weighted by atomic mass is 32.2. The van der Waals surface area contributed by atoms with Gasteiger partial charge in [-0.3, -0.25) is 0 Å². The first kappa shape index (κ1) is 13.5. The normalized spacial score (nSPS) is 12.7. The number of aliphatic hydroxyl groups is 1. The molecular formula is C13H14FNOS2. The minimum absolute atomic E-state index is 0.229. The zero-order valence-electron chi connectivity index (χ0n) is 10.2. The fourth-order valence-electron chi connectivity index (χ4n) is 1.57. The number of hydrogen-bond acceptors (Lipinski definition) is 4. The lowest BCUT2D eigenvalue weighted by atomic mass is 10.2. The number of hydrogen-bond donors (Lipinski definition) is 1. The molecule has 18 heavy (non-hydrogen) atoms. The zero-order chi connectivity index (χ0) is 13.1. The van der Waals surface area contributed by atoms with Gasteiger partial charge >= 0.3 is 0 Å². The fourth-order valence-corrected chi connectivity index (χ4v) is 3.01. The predicted octanol–water partition coefficient (Wildman–Crippen LogP) is 4.11. The first-order chi connectivity index (χ1) is 8.65.